The molecular formula is C13H16N4O2. The van der Waals surface area contributed by atoms with Gasteiger partial charge in [0, 0.05) is 12.7 Å². The molecule has 6 nitrogen and oxygen atoms in total. The number of carbonyl (C=O) groups is 2. The van der Waals surface area contributed by atoms with Crippen LogP contribution in [0.15, 0.2) is 18.3 Å². The van der Waals surface area contributed by atoms with Crippen molar-refractivity contribution in [2.45, 2.75) is 19.3 Å². The van der Waals surface area contributed by atoms with Crippen LogP contribution in [0.25, 0.3) is 0 Å². The van der Waals surface area contributed by atoms with Crippen molar-refractivity contribution >= 4 is 23.4 Å². The first-order chi connectivity index (χ1) is 9.24. The molecule has 0 radical (unpaired) electrons. The number of rotatable bonds is 3. The van der Waals surface area contributed by atoms with Gasteiger partial charge in [0.2, 0.25) is 5.91 Å². The molecule has 0 atom stereocenters. The molecule has 0 saturated heterocycles. The third kappa shape index (κ3) is 2.67. The van der Waals surface area contributed by atoms with Crippen LogP contribution in [0.2, 0.25) is 0 Å². The maximum atomic E-state index is 12.1. The van der Waals surface area contributed by atoms with Gasteiger partial charge < -0.3 is 10.6 Å². The Morgan fingerprint density at radius 3 is 3.16 bits per heavy atom. The summed E-state index contributed by atoms with van der Waals surface area (Å²) >= 11 is 0. The van der Waals surface area contributed by atoms with Gasteiger partial charge >= 0.3 is 6.03 Å². The van der Waals surface area contributed by atoms with Crippen molar-refractivity contribution in [3.8, 4) is 0 Å². The fourth-order valence-electron chi connectivity index (χ4n) is 2.17. The van der Waals surface area contributed by atoms with Crippen LogP contribution in [0.5, 0.6) is 0 Å². The first kappa shape index (κ1) is 12.0. The van der Waals surface area contributed by atoms with Gasteiger partial charge in [-0.1, -0.05) is 12.8 Å². The van der Waals surface area contributed by atoms with E-state index in [0.29, 0.717) is 18.1 Å². The Morgan fingerprint density at radius 1 is 1.53 bits per heavy atom. The van der Waals surface area contributed by atoms with Gasteiger partial charge in [-0.15, -0.1) is 0 Å². The minimum absolute atomic E-state index is 0.0132. The van der Waals surface area contributed by atoms with Crippen molar-refractivity contribution in [2.75, 3.05) is 23.3 Å². The Bertz CT molecular complexity index is 513. The molecule has 0 aromatic carbocycles. The summed E-state index contributed by atoms with van der Waals surface area (Å²) in [6.45, 7) is 0.670. The predicted molar refractivity (Wildman–Crippen MR) is 71.0 cm³/mol. The van der Waals surface area contributed by atoms with Crippen LogP contribution >= 0.6 is 0 Å². The molecule has 1 aromatic heterocycles. The van der Waals surface area contributed by atoms with Crippen molar-refractivity contribution in [3.63, 3.8) is 0 Å². The second-order valence-corrected chi connectivity index (χ2v) is 4.97. The molecule has 1 fully saturated rings. The zero-order chi connectivity index (χ0) is 13.2. The second kappa shape index (κ2) is 4.87. The lowest BCUT2D eigenvalue weighted by atomic mass is 10.3. The lowest BCUT2D eigenvalue weighted by Gasteiger charge is -2.27. The smallest absolute Gasteiger partial charge is 0.323 e. The van der Waals surface area contributed by atoms with E-state index >= 15 is 0 Å². The molecule has 2 aliphatic rings. The first-order valence-corrected chi connectivity index (χ1v) is 6.54. The SMILES string of the molecule is O=C1CN(C(=O)NCCC2CC2)c2ncccc2N1. The molecule has 1 aliphatic carbocycles. The number of nitrogens with one attached hydrogen (secondary N) is 2. The van der Waals surface area contributed by atoms with Gasteiger partial charge in [-0.2, -0.15) is 0 Å². The lowest BCUT2D eigenvalue weighted by Crippen LogP contribution is -2.47. The quantitative estimate of drug-likeness (QED) is 0.861. The van der Waals surface area contributed by atoms with Gasteiger partial charge in [-0.05, 0) is 24.5 Å². The molecule has 0 spiro atoms. The molecule has 1 aromatic rings. The third-order valence-electron chi connectivity index (χ3n) is 3.39. The maximum Gasteiger partial charge on any atom is 0.323 e. The van der Waals surface area contributed by atoms with Crippen molar-refractivity contribution in [1.82, 2.24) is 10.3 Å². The van der Waals surface area contributed by atoms with Crippen LogP contribution in [-0.4, -0.2) is 30.0 Å². The van der Waals surface area contributed by atoms with Crippen LogP contribution in [-0.2, 0) is 4.79 Å². The number of anilines is 2. The summed E-state index contributed by atoms with van der Waals surface area (Å²) in [5, 5.41) is 5.56. The number of pyridine rings is 1. The van der Waals surface area contributed by atoms with Crippen molar-refractivity contribution in [2.24, 2.45) is 5.92 Å². The van der Waals surface area contributed by atoms with Crippen LogP contribution in [0.1, 0.15) is 19.3 Å². The number of hydrogen-bond donors (Lipinski definition) is 2. The molecule has 100 valence electrons. The van der Waals surface area contributed by atoms with E-state index in [0.717, 1.165) is 12.3 Å². The second-order valence-electron chi connectivity index (χ2n) is 4.97. The normalized spacial score (nSPS) is 17.7. The maximum absolute atomic E-state index is 12.1. The zero-order valence-electron chi connectivity index (χ0n) is 10.6. The number of urea groups is 1. The van der Waals surface area contributed by atoms with E-state index in [1.54, 1.807) is 18.3 Å². The summed E-state index contributed by atoms with van der Waals surface area (Å²) in [4.78, 5) is 29.2. The Labute approximate surface area is 111 Å². The fourth-order valence-corrected chi connectivity index (χ4v) is 2.17. The molecule has 3 rings (SSSR count). The van der Waals surface area contributed by atoms with Gasteiger partial charge in [-0.25, -0.2) is 9.78 Å². The van der Waals surface area contributed by atoms with Crippen LogP contribution in [0, 0.1) is 5.92 Å². The van der Waals surface area contributed by atoms with E-state index in [-0.39, 0.29) is 18.5 Å². The molecule has 0 unspecified atom stereocenters. The minimum Gasteiger partial charge on any atom is -0.338 e. The van der Waals surface area contributed by atoms with Crippen LogP contribution in [0.4, 0.5) is 16.3 Å². The van der Waals surface area contributed by atoms with Gasteiger partial charge in [0.15, 0.2) is 5.82 Å². The number of fused-ring (bicyclic) bond motifs is 1. The average Bonchev–Trinajstić information content (AvgIpc) is 3.21. The fraction of sp³-hybridized carbons (Fsp3) is 0.462. The number of carbonyl (C=O) groups excluding carboxylic acids is 2. The summed E-state index contributed by atoms with van der Waals surface area (Å²) in [6.07, 6.45) is 5.17. The average molecular weight is 260 g/mol. The van der Waals surface area contributed by atoms with E-state index in [9.17, 15) is 9.59 Å². The summed E-state index contributed by atoms with van der Waals surface area (Å²) in [6, 6.07) is 3.22. The molecule has 6 heteroatoms. The monoisotopic (exact) mass is 260 g/mol. The highest BCUT2D eigenvalue weighted by Crippen LogP contribution is 2.31. The molecular weight excluding hydrogens is 244 g/mol. The molecule has 3 amide bonds. The van der Waals surface area contributed by atoms with E-state index in [1.807, 2.05) is 0 Å². The number of hydrogen-bond acceptors (Lipinski definition) is 3. The van der Waals surface area contributed by atoms with Gasteiger partial charge in [0.05, 0.1) is 5.69 Å². The van der Waals surface area contributed by atoms with Crippen LogP contribution < -0.4 is 15.5 Å². The van der Waals surface area contributed by atoms with E-state index < -0.39 is 0 Å². The topological polar surface area (TPSA) is 74.3 Å². The molecule has 2 heterocycles. The van der Waals surface area contributed by atoms with Crippen LogP contribution in [0.3, 0.4) is 0 Å². The van der Waals surface area contributed by atoms with Gasteiger partial charge in [0.1, 0.15) is 6.54 Å². The molecule has 1 aliphatic heterocycles. The molecule has 0 bridgehead atoms. The molecule has 1 saturated carbocycles. The van der Waals surface area contributed by atoms with E-state index in [2.05, 4.69) is 15.6 Å². The third-order valence-corrected chi connectivity index (χ3v) is 3.39. The van der Waals surface area contributed by atoms with Gasteiger partial charge in [-0.3, -0.25) is 9.69 Å². The van der Waals surface area contributed by atoms with Crippen molar-refractivity contribution in [1.29, 1.82) is 0 Å². The Balaban J connectivity index is 1.68. The summed E-state index contributed by atoms with van der Waals surface area (Å²) in [5.74, 6) is 1.08. The Hall–Kier alpha value is -2.11. The van der Waals surface area contributed by atoms with E-state index in [1.165, 1.54) is 17.7 Å². The highest BCUT2D eigenvalue weighted by molar-refractivity contribution is 6.08. The highest BCUT2D eigenvalue weighted by Gasteiger charge is 2.28. The van der Waals surface area contributed by atoms with E-state index in [4.69, 9.17) is 0 Å². The zero-order valence-corrected chi connectivity index (χ0v) is 10.6. The van der Waals surface area contributed by atoms with Crippen molar-refractivity contribution < 1.29 is 9.59 Å². The summed E-state index contributed by atoms with van der Waals surface area (Å²) < 4.78 is 0. The number of amides is 3. The standard InChI is InChI=1S/C13H16N4O2/c18-11-8-17(12-10(16-11)2-1-6-14-12)13(19)15-7-5-9-3-4-9/h1-2,6,9H,3-5,7-8H2,(H,15,19)(H,16,18). The van der Waals surface area contributed by atoms with Gasteiger partial charge in [0.25, 0.3) is 0 Å². The molecule has 19 heavy (non-hydrogen) atoms. The molecule has 2 N–H and O–H groups in total. The first-order valence-electron chi connectivity index (χ1n) is 6.54. The summed E-state index contributed by atoms with van der Waals surface area (Å²) in [7, 11) is 0. The largest absolute Gasteiger partial charge is 0.338 e. The Kier molecular flexibility index (Phi) is 3.06. The Morgan fingerprint density at radius 2 is 2.37 bits per heavy atom. The van der Waals surface area contributed by atoms with Crippen molar-refractivity contribution in [3.05, 3.63) is 18.3 Å². The number of nitrogens with zero attached hydrogens (tertiary/aromatic N) is 2. The summed E-state index contributed by atoms with van der Waals surface area (Å²) in [5.41, 5.74) is 0.580. The lowest BCUT2D eigenvalue weighted by molar-refractivity contribution is -0.115. The highest BCUT2D eigenvalue weighted by atomic mass is 16.2. The predicted octanol–water partition coefficient (Wildman–Crippen LogP) is 1.35. The minimum atomic E-state index is -0.254. The number of aromatic nitrogens is 1.